The van der Waals surface area contributed by atoms with Gasteiger partial charge < -0.3 is 4.90 Å². The lowest BCUT2D eigenvalue weighted by Gasteiger charge is -2.32. The molecule has 0 bridgehead atoms. The second-order valence-electron chi connectivity index (χ2n) is 8.02. The summed E-state index contributed by atoms with van der Waals surface area (Å²) >= 11 is 1.38. The third kappa shape index (κ3) is 5.13. The van der Waals surface area contributed by atoms with E-state index in [0.29, 0.717) is 11.2 Å². The molecule has 0 spiro atoms. The predicted octanol–water partition coefficient (Wildman–Crippen LogP) is 5.48. The van der Waals surface area contributed by atoms with Crippen LogP contribution in [0.1, 0.15) is 39.0 Å². The predicted molar refractivity (Wildman–Crippen MR) is 126 cm³/mol. The van der Waals surface area contributed by atoms with Gasteiger partial charge in [0.05, 0.1) is 5.25 Å². The fourth-order valence-corrected chi connectivity index (χ4v) is 4.91. The van der Waals surface area contributed by atoms with Gasteiger partial charge in [0.2, 0.25) is 11.1 Å². The molecule has 3 aromatic rings. The number of thioether (sulfide) groups is 1. The fraction of sp³-hybridized carbons (Fsp3) is 0.360. The van der Waals surface area contributed by atoms with Crippen molar-refractivity contribution in [3.8, 4) is 22.5 Å². The molecule has 0 radical (unpaired) electrons. The van der Waals surface area contributed by atoms with Gasteiger partial charge in [-0.25, -0.2) is 4.98 Å². The first-order valence-corrected chi connectivity index (χ1v) is 11.8. The van der Waals surface area contributed by atoms with Gasteiger partial charge in [0.15, 0.2) is 0 Å². The SMILES string of the molecule is CC(Sc1nnc(-c2ccccc2)c(-c2ccccc2)n1)C(=O)N(C)C1CCCCC1. The Bertz CT molecular complexity index is 1010. The quantitative estimate of drug-likeness (QED) is 0.483. The first-order valence-electron chi connectivity index (χ1n) is 10.9. The molecular weight excluding hydrogens is 404 g/mol. The number of nitrogens with zero attached hydrogens (tertiary/aromatic N) is 4. The molecule has 0 aliphatic heterocycles. The lowest BCUT2D eigenvalue weighted by molar-refractivity contribution is -0.131. The zero-order valence-electron chi connectivity index (χ0n) is 18.1. The Kier molecular flexibility index (Phi) is 6.97. The molecule has 1 unspecified atom stereocenters. The highest BCUT2D eigenvalue weighted by Gasteiger charge is 2.27. The Balaban J connectivity index is 1.58. The van der Waals surface area contributed by atoms with E-state index in [2.05, 4.69) is 10.2 Å². The van der Waals surface area contributed by atoms with Crippen LogP contribution in [0.15, 0.2) is 65.8 Å². The van der Waals surface area contributed by atoms with Gasteiger partial charge in [-0.05, 0) is 19.8 Å². The number of aromatic nitrogens is 3. The van der Waals surface area contributed by atoms with E-state index in [9.17, 15) is 4.79 Å². The number of hydrogen-bond donors (Lipinski definition) is 0. The Morgan fingerprint density at radius 1 is 0.903 bits per heavy atom. The van der Waals surface area contributed by atoms with Gasteiger partial charge in [0.25, 0.3) is 0 Å². The summed E-state index contributed by atoms with van der Waals surface area (Å²) in [5, 5.41) is 9.14. The Morgan fingerprint density at radius 2 is 1.48 bits per heavy atom. The van der Waals surface area contributed by atoms with Gasteiger partial charge in [-0.3, -0.25) is 4.79 Å². The Hall–Kier alpha value is -2.73. The van der Waals surface area contributed by atoms with Gasteiger partial charge in [0.1, 0.15) is 11.4 Å². The molecule has 5 nitrogen and oxygen atoms in total. The van der Waals surface area contributed by atoms with E-state index >= 15 is 0 Å². The van der Waals surface area contributed by atoms with Gasteiger partial charge in [0, 0.05) is 24.2 Å². The smallest absolute Gasteiger partial charge is 0.235 e. The van der Waals surface area contributed by atoms with Crippen LogP contribution in [0.5, 0.6) is 0 Å². The van der Waals surface area contributed by atoms with Crippen LogP contribution in [-0.4, -0.2) is 44.3 Å². The lowest BCUT2D eigenvalue weighted by Crippen LogP contribution is -2.42. The molecule has 1 heterocycles. The number of rotatable bonds is 6. The molecule has 160 valence electrons. The van der Waals surface area contributed by atoms with Crippen LogP contribution in [0.2, 0.25) is 0 Å². The molecular formula is C25H28N4OS. The van der Waals surface area contributed by atoms with Crippen LogP contribution in [0, 0.1) is 0 Å². The summed E-state index contributed by atoms with van der Waals surface area (Å²) in [4.78, 5) is 19.8. The van der Waals surface area contributed by atoms with Crippen molar-refractivity contribution in [1.29, 1.82) is 0 Å². The molecule has 1 aliphatic rings. The molecule has 1 saturated carbocycles. The standard InChI is InChI=1S/C25H28N4OS/c1-18(24(30)29(2)21-16-10-5-11-17-21)31-25-26-22(19-12-6-3-7-13-19)23(27-28-25)20-14-8-4-9-15-20/h3-4,6-9,12-15,18,21H,5,10-11,16-17H2,1-2H3. The third-order valence-corrected chi connectivity index (χ3v) is 6.80. The maximum atomic E-state index is 13.0. The van der Waals surface area contributed by atoms with Crippen LogP contribution in [0.25, 0.3) is 22.5 Å². The first kappa shape index (κ1) is 21.5. The molecule has 1 fully saturated rings. The van der Waals surface area contributed by atoms with E-state index in [1.165, 1.54) is 31.0 Å². The van der Waals surface area contributed by atoms with Crippen molar-refractivity contribution in [2.75, 3.05) is 7.05 Å². The van der Waals surface area contributed by atoms with Crippen molar-refractivity contribution < 1.29 is 4.79 Å². The van der Waals surface area contributed by atoms with Crippen molar-refractivity contribution in [3.05, 3.63) is 60.7 Å². The highest BCUT2D eigenvalue weighted by atomic mass is 32.2. The monoisotopic (exact) mass is 432 g/mol. The van der Waals surface area contributed by atoms with E-state index in [-0.39, 0.29) is 11.2 Å². The summed E-state index contributed by atoms with van der Waals surface area (Å²) in [6.07, 6.45) is 5.89. The minimum absolute atomic E-state index is 0.133. The first-order chi connectivity index (χ1) is 15.1. The van der Waals surface area contributed by atoms with Crippen LogP contribution < -0.4 is 0 Å². The van der Waals surface area contributed by atoms with Gasteiger partial charge >= 0.3 is 0 Å². The molecule has 4 rings (SSSR count). The molecule has 1 aliphatic carbocycles. The molecule has 1 atom stereocenters. The molecule has 6 heteroatoms. The average molecular weight is 433 g/mol. The van der Waals surface area contributed by atoms with Crippen molar-refractivity contribution >= 4 is 17.7 Å². The second-order valence-corrected chi connectivity index (χ2v) is 9.33. The van der Waals surface area contributed by atoms with Crippen LogP contribution in [0.4, 0.5) is 0 Å². The van der Waals surface area contributed by atoms with Crippen LogP contribution in [0.3, 0.4) is 0 Å². The molecule has 1 amide bonds. The second kappa shape index (κ2) is 10.1. The number of benzene rings is 2. The number of carbonyl (C=O) groups is 1. The van der Waals surface area contributed by atoms with E-state index in [1.807, 2.05) is 79.5 Å². The summed E-state index contributed by atoms with van der Waals surface area (Å²) in [7, 11) is 1.93. The number of hydrogen-bond acceptors (Lipinski definition) is 5. The summed E-state index contributed by atoms with van der Waals surface area (Å²) in [5.41, 5.74) is 3.48. The highest BCUT2D eigenvalue weighted by molar-refractivity contribution is 8.00. The molecule has 0 saturated heterocycles. The van der Waals surface area contributed by atoms with Gasteiger partial charge in [-0.1, -0.05) is 91.7 Å². The molecule has 0 N–H and O–H groups in total. The van der Waals surface area contributed by atoms with E-state index < -0.39 is 0 Å². The normalized spacial score (nSPS) is 15.4. The van der Waals surface area contributed by atoms with Crippen molar-refractivity contribution in [2.45, 2.75) is 55.5 Å². The Labute approximate surface area is 188 Å². The van der Waals surface area contributed by atoms with E-state index in [0.717, 1.165) is 35.4 Å². The summed E-state index contributed by atoms with van der Waals surface area (Å²) in [5.74, 6) is 0.133. The van der Waals surface area contributed by atoms with Crippen LogP contribution in [-0.2, 0) is 4.79 Å². The summed E-state index contributed by atoms with van der Waals surface area (Å²) in [6, 6.07) is 20.3. The van der Waals surface area contributed by atoms with Crippen molar-refractivity contribution in [3.63, 3.8) is 0 Å². The maximum absolute atomic E-state index is 13.0. The fourth-order valence-electron chi connectivity index (χ4n) is 4.09. The minimum Gasteiger partial charge on any atom is -0.342 e. The largest absolute Gasteiger partial charge is 0.342 e. The van der Waals surface area contributed by atoms with E-state index in [4.69, 9.17) is 4.98 Å². The summed E-state index contributed by atoms with van der Waals surface area (Å²) < 4.78 is 0. The minimum atomic E-state index is -0.264. The van der Waals surface area contributed by atoms with Gasteiger partial charge in [-0.15, -0.1) is 10.2 Å². The average Bonchev–Trinajstić information content (AvgIpc) is 2.84. The zero-order chi connectivity index (χ0) is 21.6. The van der Waals surface area contributed by atoms with Gasteiger partial charge in [-0.2, -0.15) is 0 Å². The van der Waals surface area contributed by atoms with Crippen molar-refractivity contribution in [2.24, 2.45) is 0 Å². The molecule has 2 aromatic carbocycles. The third-order valence-electron chi connectivity index (χ3n) is 5.86. The summed E-state index contributed by atoms with van der Waals surface area (Å²) in [6.45, 7) is 1.93. The molecule has 31 heavy (non-hydrogen) atoms. The topological polar surface area (TPSA) is 59.0 Å². The van der Waals surface area contributed by atoms with Crippen molar-refractivity contribution in [1.82, 2.24) is 20.1 Å². The highest BCUT2D eigenvalue weighted by Crippen LogP contribution is 2.31. The maximum Gasteiger partial charge on any atom is 0.235 e. The zero-order valence-corrected chi connectivity index (χ0v) is 18.9. The van der Waals surface area contributed by atoms with Crippen LogP contribution >= 0.6 is 11.8 Å². The molecule has 1 aromatic heterocycles. The number of amides is 1. The number of carbonyl (C=O) groups excluding carboxylic acids is 1. The Morgan fingerprint density at radius 3 is 2.10 bits per heavy atom. The van der Waals surface area contributed by atoms with E-state index in [1.54, 1.807) is 0 Å². The lowest BCUT2D eigenvalue weighted by atomic mass is 9.94.